The maximum Gasteiger partial charge on any atom is 0.255 e. The molecule has 1 aromatic carbocycles. The lowest BCUT2D eigenvalue weighted by atomic mass is 10.0. The van der Waals surface area contributed by atoms with Crippen LogP contribution in [0.4, 0.5) is 4.39 Å². The summed E-state index contributed by atoms with van der Waals surface area (Å²) in [5, 5.41) is 3.32. The third-order valence-corrected chi connectivity index (χ3v) is 4.53. The Kier molecular flexibility index (Phi) is 5.77. The summed E-state index contributed by atoms with van der Waals surface area (Å²) in [5.74, 6) is -0.266. The fourth-order valence-electron chi connectivity index (χ4n) is 2.63. The standard InChI is InChI=1S/C15H20FIN2O/c1-2-9-19(12-5-7-18-8-6-12)15(20)13-4-3-11(16)10-14(13)17/h3-4,10,12,18H,2,5-9H2,1H3. The summed E-state index contributed by atoms with van der Waals surface area (Å²) in [5.41, 5.74) is 0.610. The highest BCUT2D eigenvalue weighted by Crippen LogP contribution is 2.20. The van der Waals surface area contributed by atoms with Gasteiger partial charge in [-0.1, -0.05) is 6.92 Å². The Hall–Kier alpha value is -0.690. The van der Waals surface area contributed by atoms with Crippen molar-refractivity contribution in [1.82, 2.24) is 10.2 Å². The second-order valence-corrected chi connectivity index (χ2v) is 6.27. The number of benzene rings is 1. The number of carbonyl (C=O) groups is 1. The largest absolute Gasteiger partial charge is 0.336 e. The minimum Gasteiger partial charge on any atom is -0.336 e. The fraction of sp³-hybridized carbons (Fsp3) is 0.533. The van der Waals surface area contributed by atoms with Gasteiger partial charge in [0.25, 0.3) is 5.91 Å². The van der Waals surface area contributed by atoms with E-state index >= 15 is 0 Å². The number of hydrogen-bond acceptors (Lipinski definition) is 2. The number of carbonyl (C=O) groups excluding carboxylic acids is 1. The van der Waals surface area contributed by atoms with Gasteiger partial charge in [0.2, 0.25) is 0 Å². The second-order valence-electron chi connectivity index (χ2n) is 5.10. The number of piperidine rings is 1. The van der Waals surface area contributed by atoms with E-state index in [1.165, 1.54) is 12.1 Å². The van der Waals surface area contributed by atoms with E-state index < -0.39 is 0 Å². The van der Waals surface area contributed by atoms with Crippen LogP contribution in [0.5, 0.6) is 0 Å². The van der Waals surface area contributed by atoms with Gasteiger partial charge in [-0.25, -0.2) is 4.39 Å². The van der Waals surface area contributed by atoms with Crippen molar-refractivity contribution in [2.45, 2.75) is 32.2 Å². The molecule has 3 nitrogen and oxygen atoms in total. The SMILES string of the molecule is CCCN(C(=O)c1ccc(F)cc1I)C1CCNCC1. The van der Waals surface area contributed by atoms with E-state index in [1.54, 1.807) is 6.07 Å². The van der Waals surface area contributed by atoms with Crippen LogP contribution in [0.15, 0.2) is 18.2 Å². The van der Waals surface area contributed by atoms with Crippen molar-refractivity contribution in [2.24, 2.45) is 0 Å². The molecule has 0 aromatic heterocycles. The van der Waals surface area contributed by atoms with Crippen LogP contribution in [0, 0.1) is 9.39 Å². The first-order valence-corrected chi connectivity index (χ1v) is 8.18. The van der Waals surface area contributed by atoms with E-state index in [1.807, 2.05) is 27.5 Å². The Morgan fingerprint density at radius 3 is 2.75 bits per heavy atom. The van der Waals surface area contributed by atoms with Gasteiger partial charge in [0.1, 0.15) is 5.82 Å². The third kappa shape index (κ3) is 3.69. The smallest absolute Gasteiger partial charge is 0.255 e. The third-order valence-electron chi connectivity index (χ3n) is 3.64. The van der Waals surface area contributed by atoms with Crippen molar-refractivity contribution in [3.05, 3.63) is 33.1 Å². The lowest BCUT2D eigenvalue weighted by Crippen LogP contribution is -2.46. The lowest BCUT2D eigenvalue weighted by Gasteiger charge is -2.34. The minimum atomic E-state index is -0.296. The van der Waals surface area contributed by atoms with Gasteiger partial charge < -0.3 is 10.2 Å². The zero-order chi connectivity index (χ0) is 14.5. The van der Waals surface area contributed by atoms with Gasteiger partial charge >= 0.3 is 0 Å². The topological polar surface area (TPSA) is 32.3 Å². The number of nitrogens with zero attached hydrogens (tertiary/aromatic N) is 1. The van der Waals surface area contributed by atoms with Crippen LogP contribution in [0.1, 0.15) is 36.5 Å². The molecule has 110 valence electrons. The zero-order valence-electron chi connectivity index (χ0n) is 11.7. The average molecular weight is 390 g/mol. The molecule has 0 aliphatic carbocycles. The average Bonchev–Trinajstić information content (AvgIpc) is 2.45. The van der Waals surface area contributed by atoms with Crippen molar-refractivity contribution in [3.63, 3.8) is 0 Å². The van der Waals surface area contributed by atoms with E-state index in [0.29, 0.717) is 15.2 Å². The van der Waals surface area contributed by atoms with Crippen molar-refractivity contribution in [2.75, 3.05) is 19.6 Å². The molecule has 1 fully saturated rings. The van der Waals surface area contributed by atoms with Gasteiger partial charge in [-0.3, -0.25) is 4.79 Å². The molecule has 1 aliphatic heterocycles. The molecule has 0 radical (unpaired) electrons. The number of amides is 1. The highest BCUT2D eigenvalue weighted by molar-refractivity contribution is 14.1. The second kappa shape index (κ2) is 7.36. The summed E-state index contributed by atoms with van der Waals surface area (Å²) in [6.07, 6.45) is 2.92. The van der Waals surface area contributed by atoms with Gasteiger partial charge in [0, 0.05) is 16.2 Å². The van der Waals surface area contributed by atoms with Crippen LogP contribution in [-0.2, 0) is 0 Å². The van der Waals surface area contributed by atoms with Crippen LogP contribution >= 0.6 is 22.6 Å². The Morgan fingerprint density at radius 1 is 1.45 bits per heavy atom. The number of hydrogen-bond donors (Lipinski definition) is 1. The molecule has 1 heterocycles. The Labute approximate surface area is 133 Å². The molecule has 0 bridgehead atoms. The van der Waals surface area contributed by atoms with Gasteiger partial charge in [-0.2, -0.15) is 0 Å². The predicted octanol–water partition coefficient (Wildman–Crippen LogP) is 3.03. The highest BCUT2D eigenvalue weighted by atomic mass is 127. The molecule has 1 saturated heterocycles. The van der Waals surface area contributed by atoms with Gasteiger partial charge in [-0.05, 0) is 73.1 Å². The molecule has 0 atom stereocenters. The van der Waals surface area contributed by atoms with Crippen molar-refractivity contribution >= 4 is 28.5 Å². The fourth-order valence-corrected chi connectivity index (χ4v) is 3.33. The molecule has 1 aromatic rings. The van der Waals surface area contributed by atoms with Gasteiger partial charge in [-0.15, -0.1) is 0 Å². The number of rotatable bonds is 4. The van der Waals surface area contributed by atoms with E-state index in [0.717, 1.165) is 38.9 Å². The molecule has 5 heteroatoms. The van der Waals surface area contributed by atoms with Gasteiger partial charge in [0.15, 0.2) is 0 Å². The maximum absolute atomic E-state index is 13.2. The molecule has 0 spiro atoms. The Bertz CT molecular complexity index is 475. The summed E-state index contributed by atoms with van der Waals surface area (Å²) < 4.78 is 13.9. The van der Waals surface area contributed by atoms with Gasteiger partial charge in [0.05, 0.1) is 5.56 Å². The molecule has 0 unspecified atom stereocenters. The Morgan fingerprint density at radius 2 is 2.15 bits per heavy atom. The first-order chi connectivity index (χ1) is 9.63. The summed E-state index contributed by atoms with van der Waals surface area (Å²) in [4.78, 5) is 14.7. The van der Waals surface area contributed by atoms with E-state index in [2.05, 4.69) is 12.2 Å². The van der Waals surface area contributed by atoms with Crippen LogP contribution < -0.4 is 5.32 Å². The quantitative estimate of drug-likeness (QED) is 0.802. The van der Waals surface area contributed by atoms with E-state index in [9.17, 15) is 9.18 Å². The first kappa shape index (κ1) is 15.7. The molecular weight excluding hydrogens is 370 g/mol. The molecule has 2 rings (SSSR count). The first-order valence-electron chi connectivity index (χ1n) is 7.10. The number of nitrogens with one attached hydrogen (secondary N) is 1. The van der Waals surface area contributed by atoms with Crippen LogP contribution in [0.3, 0.4) is 0 Å². The normalized spacial score (nSPS) is 16.1. The van der Waals surface area contributed by atoms with Crippen molar-refractivity contribution < 1.29 is 9.18 Å². The summed E-state index contributed by atoms with van der Waals surface area (Å²) in [6.45, 7) is 4.76. The molecular formula is C15H20FIN2O. The molecule has 1 amide bonds. The van der Waals surface area contributed by atoms with Crippen molar-refractivity contribution in [3.8, 4) is 0 Å². The van der Waals surface area contributed by atoms with E-state index in [-0.39, 0.29) is 11.7 Å². The van der Waals surface area contributed by atoms with E-state index in [4.69, 9.17) is 0 Å². The summed E-state index contributed by atoms with van der Waals surface area (Å²) in [6, 6.07) is 4.68. The lowest BCUT2D eigenvalue weighted by molar-refractivity contribution is 0.0641. The van der Waals surface area contributed by atoms with Crippen LogP contribution in [0.2, 0.25) is 0 Å². The zero-order valence-corrected chi connectivity index (χ0v) is 13.8. The van der Waals surface area contributed by atoms with Crippen LogP contribution in [-0.4, -0.2) is 36.5 Å². The summed E-state index contributed by atoms with van der Waals surface area (Å²) in [7, 11) is 0. The molecule has 20 heavy (non-hydrogen) atoms. The molecule has 0 saturated carbocycles. The van der Waals surface area contributed by atoms with Crippen LogP contribution in [0.25, 0.3) is 0 Å². The minimum absolute atomic E-state index is 0.0307. The van der Waals surface area contributed by atoms with Crippen molar-refractivity contribution in [1.29, 1.82) is 0 Å². The molecule has 1 aliphatic rings. The molecule has 1 N–H and O–H groups in total. The maximum atomic E-state index is 13.2. The summed E-state index contributed by atoms with van der Waals surface area (Å²) >= 11 is 2.03. The Balaban J connectivity index is 2.21. The predicted molar refractivity (Wildman–Crippen MR) is 86.3 cm³/mol. The monoisotopic (exact) mass is 390 g/mol. The highest BCUT2D eigenvalue weighted by Gasteiger charge is 2.26. The number of halogens is 2.